The van der Waals surface area contributed by atoms with Crippen molar-refractivity contribution in [2.24, 2.45) is 0 Å². The molecule has 2 rings (SSSR count). The van der Waals surface area contributed by atoms with E-state index < -0.39 is 11.7 Å². The van der Waals surface area contributed by atoms with Gasteiger partial charge in [-0.15, -0.1) is 0 Å². The quantitative estimate of drug-likeness (QED) is 0.747. The number of hydrogen-bond donors (Lipinski definition) is 0. The first kappa shape index (κ1) is 13.7. The van der Waals surface area contributed by atoms with Gasteiger partial charge >= 0.3 is 6.18 Å². The van der Waals surface area contributed by atoms with Crippen molar-refractivity contribution >= 4 is 0 Å². The first-order valence-electron chi connectivity index (χ1n) is 6.17. The van der Waals surface area contributed by atoms with Gasteiger partial charge in [-0.2, -0.15) is 13.2 Å². The van der Waals surface area contributed by atoms with Gasteiger partial charge in [-0.25, -0.2) is 0 Å². The van der Waals surface area contributed by atoms with E-state index in [4.69, 9.17) is 0 Å². The predicted octanol–water partition coefficient (Wildman–Crippen LogP) is 4.80. The monoisotopic (exact) mass is 264 g/mol. The van der Waals surface area contributed by atoms with E-state index in [2.05, 4.69) is 0 Å². The van der Waals surface area contributed by atoms with Crippen LogP contribution in [-0.2, 0) is 19.0 Å². The van der Waals surface area contributed by atoms with Gasteiger partial charge in [0.15, 0.2) is 0 Å². The molecule has 0 bridgehead atoms. The highest BCUT2D eigenvalue weighted by atomic mass is 19.4. The molecule has 0 atom stereocenters. The van der Waals surface area contributed by atoms with Crippen LogP contribution in [0.2, 0.25) is 0 Å². The molecule has 0 aliphatic heterocycles. The van der Waals surface area contributed by atoms with E-state index in [1.807, 2.05) is 30.3 Å². The Balaban J connectivity index is 2.09. The number of hydrogen-bond acceptors (Lipinski definition) is 0. The van der Waals surface area contributed by atoms with Crippen LogP contribution in [0.3, 0.4) is 0 Å². The zero-order valence-electron chi connectivity index (χ0n) is 10.7. The number of aryl methyl sites for hydroxylation is 3. The van der Waals surface area contributed by atoms with Crippen LogP contribution < -0.4 is 0 Å². The molecule has 0 amide bonds. The smallest absolute Gasteiger partial charge is 0.166 e. The summed E-state index contributed by atoms with van der Waals surface area (Å²) >= 11 is 0. The molecular formula is C16H15F3. The van der Waals surface area contributed by atoms with E-state index in [1.165, 1.54) is 18.6 Å². The van der Waals surface area contributed by atoms with Gasteiger partial charge in [0, 0.05) is 0 Å². The highest BCUT2D eigenvalue weighted by molar-refractivity contribution is 5.33. The van der Waals surface area contributed by atoms with E-state index in [9.17, 15) is 13.2 Å². The van der Waals surface area contributed by atoms with Crippen molar-refractivity contribution in [2.75, 3.05) is 0 Å². The maximum absolute atomic E-state index is 12.6. The summed E-state index contributed by atoms with van der Waals surface area (Å²) in [5.74, 6) is 0. The van der Waals surface area contributed by atoms with Crippen molar-refractivity contribution in [3.63, 3.8) is 0 Å². The largest absolute Gasteiger partial charge is 0.416 e. The van der Waals surface area contributed by atoms with E-state index in [-0.39, 0.29) is 5.56 Å². The summed E-state index contributed by atoms with van der Waals surface area (Å²) in [4.78, 5) is 0. The van der Waals surface area contributed by atoms with Crippen molar-refractivity contribution in [1.29, 1.82) is 0 Å². The van der Waals surface area contributed by atoms with Crippen LogP contribution >= 0.6 is 0 Å². The lowest BCUT2D eigenvalue weighted by molar-refractivity contribution is -0.138. The Hall–Kier alpha value is -1.77. The Morgan fingerprint density at radius 1 is 0.842 bits per heavy atom. The Bertz CT molecular complexity index is 542. The molecule has 0 unspecified atom stereocenters. The second-order valence-corrected chi connectivity index (χ2v) is 4.63. The molecule has 0 fully saturated rings. The number of halogens is 3. The van der Waals surface area contributed by atoms with Gasteiger partial charge in [0.2, 0.25) is 0 Å². The van der Waals surface area contributed by atoms with Gasteiger partial charge in [-0.1, -0.05) is 42.5 Å². The van der Waals surface area contributed by atoms with E-state index in [1.54, 1.807) is 12.1 Å². The summed E-state index contributed by atoms with van der Waals surface area (Å²) in [7, 11) is 0. The van der Waals surface area contributed by atoms with Crippen molar-refractivity contribution in [1.82, 2.24) is 0 Å². The van der Waals surface area contributed by atoms with Crippen LogP contribution in [0.15, 0.2) is 48.5 Å². The summed E-state index contributed by atoms with van der Waals surface area (Å²) in [6, 6.07) is 14.3. The third-order valence-electron chi connectivity index (χ3n) is 3.14. The lowest BCUT2D eigenvalue weighted by atomic mass is 10.00. The van der Waals surface area contributed by atoms with Crippen LogP contribution in [0.1, 0.15) is 22.3 Å². The third kappa shape index (κ3) is 3.60. The zero-order chi connectivity index (χ0) is 13.9. The molecule has 0 N–H and O–H groups in total. The van der Waals surface area contributed by atoms with Gasteiger partial charge in [-0.3, -0.25) is 0 Å². The minimum absolute atomic E-state index is 0.290. The molecule has 0 aromatic heterocycles. The highest BCUT2D eigenvalue weighted by Crippen LogP contribution is 2.32. The van der Waals surface area contributed by atoms with Gasteiger partial charge in [0.25, 0.3) is 0 Å². The lowest BCUT2D eigenvalue weighted by Crippen LogP contribution is -2.07. The van der Waals surface area contributed by atoms with Crippen LogP contribution in [0.4, 0.5) is 13.2 Å². The van der Waals surface area contributed by atoms with Gasteiger partial charge in [0.05, 0.1) is 5.56 Å². The Morgan fingerprint density at radius 3 is 2.05 bits per heavy atom. The minimum Gasteiger partial charge on any atom is -0.166 e. The van der Waals surface area contributed by atoms with Crippen LogP contribution in [0.25, 0.3) is 0 Å². The molecule has 0 saturated heterocycles. The first-order valence-corrected chi connectivity index (χ1v) is 6.17. The molecule has 0 nitrogen and oxygen atoms in total. The second kappa shape index (κ2) is 5.47. The normalized spacial score (nSPS) is 11.6. The second-order valence-electron chi connectivity index (χ2n) is 4.63. The van der Waals surface area contributed by atoms with Crippen molar-refractivity contribution in [3.05, 3.63) is 70.8 Å². The molecular weight excluding hydrogens is 249 g/mol. The zero-order valence-corrected chi connectivity index (χ0v) is 10.7. The molecule has 100 valence electrons. The summed E-state index contributed by atoms with van der Waals surface area (Å²) in [6.45, 7) is 1.51. The van der Waals surface area contributed by atoms with E-state index in [0.717, 1.165) is 18.4 Å². The Kier molecular flexibility index (Phi) is 3.93. The minimum atomic E-state index is -4.26. The molecule has 0 radical (unpaired) electrons. The summed E-state index contributed by atoms with van der Waals surface area (Å²) in [5.41, 5.74) is 1.88. The van der Waals surface area contributed by atoms with Crippen molar-refractivity contribution in [3.8, 4) is 0 Å². The molecule has 19 heavy (non-hydrogen) atoms. The van der Waals surface area contributed by atoms with Gasteiger partial charge in [0.1, 0.15) is 0 Å². The average Bonchev–Trinajstić information content (AvgIpc) is 2.36. The third-order valence-corrected chi connectivity index (χ3v) is 3.14. The fourth-order valence-electron chi connectivity index (χ4n) is 2.13. The van der Waals surface area contributed by atoms with Crippen LogP contribution in [-0.4, -0.2) is 0 Å². The highest BCUT2D eigenvalue weighted by Gasteiger charge is 2.31. The average molecular weight is 264 g/mol. The standard InChI is InChI=1S/C16H15F3/c1-12-11-14(9-10-15(12)16(17,18)19)8-7-13-5-3-2-4-6-13/h2-6,9-11H,7-8H2,1H3. The first-order chi connectivity index (χ1) is 8.97. The molecule has 0 spiro atoms. The molecule has 3 heteroatoms. The Labute approximate surface area is 110 Å². The van der Waals surface area contributed by atoms with Crippen LogP contribution in [0, 0.1) is 6.92 Å². The molecule has 0 saturated carbocycles. The SMILES string of the molecule is Cc1cc(CCc2ccccc2)ccc1C(F)(F)F. The van der Waals surface area contributed by atoms with E-state index in [0.29, 0.717) is 0 Å². The fraction of sp³-hybridized carbons (Fsp3) is 0.250. The molecule has 2 aromatic carbocycles. The molecule has 2 aromatic rings. The summed E-state index contributed by atoms with van der Waals surface area (Å²) in [5, 5.41) is 0. The maximum atomic E-state index is 12.6. The predicted molar refractivity (Wildman–Crippen MR) is 70.0 cm³/mol. The van der Waals surface area contributed by atoms with Crippen molar-refractivity contribution < 1.29 is 13.2 Å². The summed E-state index contributed by atoms with van der Waals surface area (Å²) in [6.07, 6.45) is -2.67. The Morgan fingerprint density at radius 2 is 1.47 bits per heavy atom. The molecule has 0 heterocycles. The molecule has 0 aliphatic rings. The van der Waals surface area contributed by atoms with Crippen molar-refractivity contribution in [2.45, 2.75) is 25.9 Å². The topological polar surface area (TPSA) is 0 Å². The number of alkyl halides is 3. The summed E-state index contributed by atoms with van der Waals surface area (Å²) < 4.78 is 37.9. The lowest BCUT2D eigenvalue weighted by Gasteiger charge is -2.11. The number of rotatable bonds is 3. The number of benzene rings is 2. The van der Waals surface area contributed by atoms with Gasteiger partial charge in [-0.05, 0) is 42.5 Å². The molecule has 0 aliphatic carbocycles. The maximum Gasteiger partial charge on any atom is 0.416 e. The van der Waals surface area contributed by atoms with Crippen LogP contribution in [0.5, 0.6) is 0 Å². The van der Waals surface area contributed by atoms with Gasteiger partial charge < -0.3 is 0 Å². The van der Waals surface area contributed by atoms with E-state index >= 15 is 0 Å². The fourth-order valence-corrected chi connectivity index (χ4v) is 2.13.